The van der Waals surface area contributed by atoms with Crippen LogP contribution in [-0.4, -0.2) is 19.2 Å². The van der Waals surface area contributed by atoms with E-state index in [-0.39, 0.29) is 10.8 Å². The number of rotatable bonds is 3. The average Bonchev–Trinajstić information content (AvgIpc) is 2.27. The molecular formula is C10H9ClF5NO. The predicted octanol–water partition coefficient (Wildman–Crippen LogP) is 3.55. The Morgan fingerprint density at radius 3 is 2.22 bits per heavy atom. The molecule has 18 heavy (non-hydrogen) atoms. The normalized spacial score (nSPS) is 14.4. The highest BCUT2D eigenvalue weighted by molar-refractivity contribution is 6.32. The summed E-state index contributed by atoms with van der Waals surface area (Å²) in [4.78, 5) is 0. The number of hydrogen-bond acceptors (Lipinski definition) is 2. The van der Waals surface area contributed by atoms with Crippen molar-refractivity contribution in [3.8, 4) is 5.75 Å². The molecule has 0 aliphatic heterocycles. The van der Waals surface area contributed by atoms with Crippen LogP contribution in [0.25, 0.3) is 0 Å². The highest BCUT2D eigenvalue weighted by atomic mass is 35.5. The summed E-state index contributed by atoms with van der Waals surface area (Å²) < 4.78 is 67.2. The molecule has 0 aliphatic rings. The van der Waals surface area contributed by atoms with E-state index in [1.54, 1.807) is 0 Å². The van der Waals surface area contributed by atoms with Crippen LogP contribution < -0.4 is 10.5 Å². The fraction of sp³-hybridized carbons (Fsp3) is 0.400. The fourth-order valence-electron chi connectivity index (χ4n) is 1.26. The second-order valence-corrected chi connectivity index (χ2v) is 3.90. The molecule has 0 bridgehead atoms. The van der Waals surface area contributed by atoms with E-state index < -0.39 is 23.7 Å². The summed E-state index contributed by atoms with van der Waals surface area (Å²) in [5, 5.41) is 0.0868. The number of hydrogen-bond donors (Lipinski definition) is 1. The van der Waals surface area contributed by atoms with E-state index in [2.05, 4.69) is 0 Å². The van der Waals surface area contributed by atoms with Gasteiger partial charge in [0.05, 0.1) is 12.1 Å². The Bertz CT molecular complexity index is 435. The van der Waals surface area contributed by atoms with Gasteiger partial charge in [0.15, 0.2) is 0 Å². The summed E-state index contributed by atoms with van der Waals surface area (Å²) in [5.74, 6) is -5.06. The van der Waals surface area contributed by atoms with Crippen molar-refractivity contribution in [2.75, 3.05) is 7.11 Å². The van der Waals surface area contributed by atoms with E-state index in [9.17, 15) is 22.0 Å². The van der Waals surface area contributed by atoms with Crippen molar-refractivity contribution in [2.45, 2.75) is 18.1 Å². The number of ether oxygens (including phenoxy) is 1. The van der Waals surface area contributed by atoms with Crippen LogP contribution in [0.2, 0.25) is 5.02 Å². The number of halogens is 6. The molecule has 0 unspecified atom stereocenters. The molecule has 0 saturated carbocycles. The molecule has 0 radical (unpaired) electrons. The molecule has 1 rings (SSSR count). The second kappa shape index (κ2) is 4.89. The van der Waals surface area contributed by atoms with Crippen LogP contribution in [0.5, 0.6) is 5.75 Å². The maximum Gasteiger partial charge on any atom is 0.455 e. The monoisotopic (exact) mass is 289 g/mol. The van der Waals surface area contributed by atoms with Crippen LogP contribution in [0.4, 0.5) is 22.0 Å². The Hall–Kier alpha value is -1.08. The van der Waals surface area contributed by atoms with Gasteiger partial charge >= 0.3 is 12.1 Å². The van der Waals surface area contributed by atoms with Crippen LogP contribution in [0.1, 0.15) is 11.6 Å². The SMILES string of the molecule is COc1cc([C@@H](N)C(F)(F)C(F)(F)F)ccc1Cl. The zero-order valence-electron chi connectivity index (χ0n) is 9.06. The first-order valence-corrected chi connectivity index (χ1v) is 5.02. The van der Waals surface area contributed by atoms with Crippen molar-refractivity contribution in [3.05, 3.63) is 28.8 Å². The first-order valence-electron chi connectivity index (χ1n) is 4.64. The van der Waals surface area contributed by atoms with E-state index in [4.69, 9.17) is 22.1 Å². The molecule has 8 heteroatoms. The highest BCUT2D eigenvalue weighted by Crippen LogP contribution is 2.44. The highest BCUT2D eigenvalue weighted by Gasteiger charge is 2.61. The van der Waals surface area contributed by atoms with Gasteiger partial charge in [-0.15, -0.1) is 0 Å². The molecule has 0 aromatic heterocycles. The van der Waals surface area contributed by atoms with E-state index in [0.29, 0.717) is 0 Å². The average molecular weight is 290 g/mol. The van der Waals surface area contributed by atoms with Crippen LogP contribution in [0, 0.1) is 0 Å². The molecular weight excluding hydrogens is 281 g/mol. The van der Waals surface area contributed by atoms with Crippen molar-refractivity contribution in [2.24, 2.45) is 5.73 Å². The van der Waals surface area contributed by atoms with Gasteiger partial charge in [-0.25, -0.2) is 0 Å². The van der Waals surface area contributed by atoms with Crippen LogP contribution in [0.15, 0.2) is 18.2 Å². The lowest BCUT2D eigenvalue weighted by molar-refractivity contribution is -0.291. The zero-order chi connectivity index (χ0) is 14.1. The smallest absolute Gasteiger partial charge is 0.455 e. The third-order valence-corrected chi connectivity index (χ3v) is 2.62. The van der Waals surface area contributed by atoms with Gasteiger partial charge in [0.25, 0.3) is 0 Å². The molecule has 1 atom stereocenters. The van der Waals surface area contributed by atoms with Gasteiger partial charge in [-0.1, -0.05) is 17.7 Å². The van der Waals surface area contributed by atoms with Crippen molar-refractivity contribution >= 4 is 11.6 Å². The van der Waals surface area contributed by atoms with Crippen molar-refractivity contribution in [3.63, 3.8) is 0 Å². The minimum Gasteiger partial charge on any atom is -0.495 e. The molecule has 0 amide bonds. The summed E-state index contributed by atoms with van der Waals surface area (Å²) in [6.45, 7) is 0. The summed E-state index contributed by atoms with van der Waals surface area (Å²) >= 11 is 5.63. The first kappa shape index (κ1) is 15.0. The maximum atomic E-state index is 13.0. The Kier molecular flexibility index (Phi) is 4.07. The zero-order valence-corrected chi connectivity index (χ0v) is 9.82. The lowest BCUT2D eigenvalue weighted by atomic mass is 10.0. The molecule has 1 aromatic carbocycles. The van der Waals surface area contributed by atoms with Gasteiger partial charge in [0.1, 0.15) is 11.8 Å². The Balaban J connectivity index is 3.15. The van der Waals surface area contributed by atoms with Crippen molar-refractivity contribution < 1.29 is 26.7 Å². The van der Waals surface area contributed by atoms with E-state index >= 15 is 0 Å². The molecule has 0 aliphatic carbocycles. The molecule has 0 saturated heterocycles. The van der Waals surface area contributed by atoms with Gasteiger partial charge in [-0.2, -0.15) is 22.0 Å². The number of methoxy groups -OCH3 is 1. The molecule has 0 heterocycles. The first-order chi connectivity index (χ1) is 8.11. The van der Waals surface area contributed by atoms with Gasteiger partial charge in [-0.05, 0) is 17.7 Å². The minimum absolute atomic E-state index is 0.0254. The quantitative estimate of drug-likeness (QED) is 0.864. The summed E-state index contributed by atoms with van der Waals surface area (Å²) in [5.41, 5.74) is 4.55. The third-order valence-electron chi connectivity index (χ3n) is 2.30. The number of alkyl halides is 5. The number of benzene rings is 1. The largest absolute Gasteiger partial charge is 0.495 e. The minimum atomic E-state index is -5.72. The predicted molar refractivity (Wildman–Crippen MR) is 55.9 cm³/mol. The third kappa shape index (κ3) is 2.67. The number of nitrogens with two attached hydrogens (primary N) is 1. The van der Waals surface area contributed by atoms with Gasteiger partial charge in [0, 0.05) is 0 Å². The fourth-order valence-corrected chi connectivity index (χ4v) is 1.45. The second-order valence-electron chi connectivity index (χ2n) is 3.49. The molecule has 0 fully saturated rings. The lowest BCUT2D eigenvalue weighted by Crippen LogP contribution is -2.45. The summed E-state index contributed by atoms with van der Waals surface area (Å²) in [6, 6.07) is 0.563. The molecule has 2 nitrogen and oxygen atoms in total. The van der Waals surface area contributed by atoms with E-state index in [0.717, 1.165) is 18.2 Å². The van der Waals surface area contributed by atoms with Crippen molar-refractivity contribution in [1.29, 1.82) is 0 Å². The standard InChI is InChI=1S/C10H9ClF5NO/c1-18-7-4-5(2-3-6(7)11)8(17)9(12,13)10(14,15)16/h2-4,8H,17H2,1H3/t8-/m1/s1. The molecule has 102 valence electrons. The lowest BCUT2D eigenvalue weighted by Gasteiger charge is -2.26. The van der Waals surface area contributed by atoms with Crippen LogP contribution >= 0.6 is 11.6 Å². The van der Waals surface area contributed by atoms with E-state index in [1.165, 1.54) is 7.11 Å². The van der Waals surface area contributed by atoms with E-state index in [1.807, 2.05) is 0 Å². The topological polar surface area (TPSA) is 35.2 Å². The summed E-state index contributed by atoms with van der Waals surface area (Å²) in [7, 11) is 1.21. The van der Waals surface area contributed by atoms with Gasteiger partial charge < -0.3 is 10.5 Å². The molecule has 2 N–H and O–H groups in total. The molecule has 0 spiro atoms. The Labute approximate surface area is 104 Å². The van der Waals surface area contributed by atoms with Crippen LogP contribution in [-0.2, 0) is 0 Å². The molecule has 1 aromatic rings. The summed E-state index contributed by atoms with van der Waals surface area (Å²) in [6.07, 6.45) is -5.72. The maximum absolute atomic E-state index is 13.0. The van der Waals surface area contributed by atoms with Gasteiger partial charge in [-0.3, -0.25) is 0 Å². The van der Waals surface area contributed by atoms with Crippen LogP contribution in [0.3, 0.4) is 0 Å². The van der Waals surface area contributed by atoms with Gasteiger partial charge in [0.2, 0.25) is 0 Å². The van der Waals surface area contributed by atoms with Crippen molar-refractivity contribution in [1.82, 2.24) is 0 Å². The Morgan fingerprint density at radius 2 is 1.78 bits per heavy atom. The Morgan fingerprint density at radius 1 is 1.22 bits per heavy atom.